The van der Waals surface area contributed by atoms with E-state index >= 15 is 0 Å². The zero-order chi connectivity index (χ0) is 19.5. The molecular weight excluding hydrogens is 352 g/mol. The van der Waals surface area contributed by atoms with E-state index in [1.165, 1.54) is 0 Å². The molecule has 0 aliphatic rings. The van der Waals surface area contributed by atoms with Crippen molar-refractivity contribution in [2.45, 2.75) is 19.6 Å². The predicted molar refractivity (Wildman–Crippen MR) is 94.6 cm³/mol. The first-order valence-electron chi connectivity index (χ1n) is 8.30. The molecule has 0 aliphatic heterocycles. The van der Waals surface area contributed by atoms with E-state index in [1.807, 2.05) is 12.1 Å². The summed E-state index contributed by atoms with van der Waals surface area (Å²) in [4.78, 5) is 34.7. The molecule has 1 unspecified atom stereocenters. The Morgan fingerprint density at radius 3 is 1.81 bits per heavy atom. The van der Waals surface area contributed by atoms with E-state index in [-0.39, 0.29) is 13.2 Å². The van der Waals surface area contributed by atoms with Gasteiger partial charge in [0.1, 0.15) is 25.7 Å². The average molecular weight is 372 g/mol. The van der Waals surface area contributed by atoms with Crippen molar-refractivity contribution < 1.29 is 33.7 Å². The highest BCUT2D eigenvalue weighted by Gasteiger charge is 2.24. The van der Waals surface area contributed by atoms with Gasteiger partial charge in [0.2, 0.25) is 0 Å². The van der Waals surface area contributed by atoms with Crippen LogP contribution in [0.15, 0.2) is 60.7 Å². The molecule has 2 aromatic rings. The van der Waals surface area contributed by atoms with Gasteiger partial charge in [0.05, 0.1) is 6.42 Å². The molecule has 0 amide bonds. The molecule has 0 saturated carbocycles. The average Bonchev–Trinajstić information content (AvgIpc) is 2.69. The molecule has 0 radical (unpaired) electrons. The Morgan fingerprint density at radius 2 is 1.30 bits per heavy atom. The Kier molecular flexibility index (Phi) is 7.84. The molecule has 1 N–H and O–H groups in total. The third kappa shape index (κ3) is 7.60. The van der Waals surface area contributed by atoms with Crippen LogP contribution in [0, 0.1) is 5.92 Å². The lowest BCUT2D eigenvalue weighted by Crippen LogP contribution is -2.25. The predicted octanol–water partition coefficient (Wildman–Crippen LogP) is 3.17. The molecule has 0 aliphatic carbocycles. The van der Waals surface area contributed by atoms with Crippen molar-refractivity contribution in [3.8, 4) is 0 Å². The van der Waals surface area contributed by atoms with Crippen molar-refractivity contribution in [3.63, 3.8) is 0 Å². The third-order valence-corrected chi connectivity index (χ3v) is 3.61. The van der Waals surface area contributed by atoms with Crippen LogP contribution in [0.2, 0.25) is 0 Å². The fourth-order valence-electron chi connectivity index (χ4n) is 2.14. The van der Waals surface area contributed by atoms with Crippen LogP contribution in [0.5, 0.6) is 0 Å². The second-order valence-corrected chi connectivity index (χ2v) is 5.72. The summed E-state index contributed by atoms with van der Waals surface area (Å²) < 4.78 is 14.7. The molecule has 7 nitrogen and oxygen atoms in total. The Morgan fingerprint density at radius 1 is 0.778 bits per heavy atom. The maximum absolute atomic E-state index is 11.8. The Bertz CT molecular complexity index is 743. The molecule has 7 heteroatoms. The summed E-state index contributed by atoms with van der Waals surface area (Å²) >= 11 is 0. The van der Waals surface area contributed by atoms with E-state index < -0.39 is 37.0 Å². The van der Waals surface area contributed by atoms with Crippen molar-refractivity contribution in [3.05, 3.63) is 71.8 Å². The first kappa shape index (κ1) is 20.0. The molecule has 0 saturated heterocycles. The Hall–Kier alpha value is -3.35. The second-order valence-electron chi connectivity index (χ2n) is 5.72. The van der Waals surface area contributed by atoms with E-state index in [0.717, 1.165) is 11.1 Å². The molecule has 0 spiro atoms. The van der Waals surface area contributed by atoms with Crippen molar-refractivity contribution >= 4 is 18.1 Å². The molecule has 1 atom stereocenters. The standard InChI is InChI=1S/C20H20O7/c21-18(25-12-15-7-3-1-4-8-15)11-17(19(22)23)14-27-20(24)26-13-16-9-5-2-6-10-16/h1-10,17H,11-14H2,(H,22,23). The summed E-state index contributed by atoms with van der Waals surface area (Å²) in [5.41, 5.74) is 1.56. The number of rotatable bonds is 9. The summed E-state index contributed by atoms with van der Waals surface area (Å²) in [5, 5.41) is 9.19. The highest BCUT2D eigenvalue weighted by Crippen LogP contribution is 2.10. The van der Waals surface area contributed by atoms with E-state index in [4.69, 9.17) is 14.2 Å². The van der Waals surface area contributed by atoms with Crippen LogP contribution < -0.4 is 0 Å². The summed E-state index contributed by atoms with van der Waals surface area (Å²) in [6, 6.07) is 18.0. The van der Waals surface area contributed by atoms with Gasteiger partial charge in [-0.3, -0.25) is 9.59 Å². The molecule has 0 fully saturated rings. The largest absolute Gasteiger partial charge is 0.508 e. The fraction of sp³-hybridized carbons (Fsp3) is 0.250. The van der Waals surface area contributed by atoms with Gasteiger partial charge in [0, 0.05) is 0 Å². The Labute approximate surface area is 156 Å². The van der Waals surface area contributed by atoms with Gasteiger partial charge in [-0.2, -0.15) is 0 Å². The van der Waals surface area contributed by atoms with Gasteiger partial charge in [-0.05, 0) is 11.1 Å². The molecule has 0 heterocycles. The van der Waals surface area contributed by atoms with Crippen LogP contribution in [-0.2, 0) is 37.0 Å². The van der Waals surface area contributed by atoms with Crippen molar-refractivity contribution in [1.82, 2.24) is 0 Å². The minimum Gasteiger partial charge on any atom is -0.481 e. The lowest BCUT2D eigenvalue weighted by atomic mass is 10.1. The van der Waals surface area contributed by atoms with Crippen LogP contribution >= 0.6 is 0 Å². The number of hydrogen-bond donors (Lipinski definition) is 1. The first-order valence-corrected chi connectivity index (χ1v) is 8.30. The van der Waals surface area contributed by atoms with E-state index in [1.54, 1.807) is 48.5 Å². The molecule has 0 bridgehead atoms. The third-order valence-electron chi connectivity index (χ3n) is 3.61. The van der Waals surface area contributed by atoms with E-state index in [0.29, 0.717) is 0 Å². The topological polar surface area (TPSA) is 99.1 Å². The molecule has 2 rings (SSSR count). The number of benzene rings is 2. The van der Waals surface area contributed by atoms with Gasteiger partial charge in [-0.25, -0.2) is 4.79 Å². The highest BCUT2D eigenvalue weighted by molar-refractivity contribution is 5.79. The number of aliphatic carboxylic acids is 1. The van der Waals surface area contributed by atoms with Crippen molar-refractivity contribution in [1.29, 1.82) is 0 Å². The Balaban J connectivity index is 1.73. The maximum Gasteiger partial charge on any atom is 0.508 e. The van der Waals surface area contributed by atoms with Crippen LogP contribution in [0.1, 0.15) is 17.5 Å². The SMILES string of the molecule is O=C(CC(COC(=O)OCc1ccccc1)C(=O)O)OCc1ccccc1. The van der Waals surface area contributed by atoms with Crippen molar-refractivity contribution in [2.24, 2.45) is 5.92 Å². The quantitative estimate of drug-likeness (QED) is 0.675. The number of carboxylic acid groups (broad SMARTS) is 1. The first-order chi connectivity index (χ1) is 13.0. The van der Waals surface area contributed by atoms with Gasteiger partial charge in [-0.15, -0.1) is 0 Å². The lowest BCUT2D eigenvalue weighted by molar-refractivity contribution is -0.153. The number of carbonyl (C=O) groups excluding carboxylic acids is 2. The zero-order valence-electron chi connectivity index (χ0n) is 14.6. The molecule has 142 valence electrons. The number of carboxylic acids is 1. The molecule has 2 aromatic carbocycles. The smallest absolute Gasteiger partial charge is 0.481 e. The number of ether oxygens (including phenoxy) is 3. The normalized spacial score (nSPS) is 11.3. The van der Waals surface area contributed by atoms with Gasteiger partial charge in [0.15, 0.2) is 0 Å². The molecule has 0 aromatic heterocycles. The monoisotopic (exact) mass is 372 g/mol. The van der Waals surface area contributed by atoms with Crippen LogP contribution in [0.3, 0.4) is 0 Å². The fourth-order valence-corrected chi connectivity index (χ4v) is 2.14. The van der Waals surface area contributed by atoms with Crippen molar-refractivity contribution in [2.75, 3.05) is 6.61 Å². The maximum atomic E-state index is 11.8. The van der Waals surface area contributed by atoms with Crippen LogP contribution in [0.25, 0.3) is 0 Å². The van der Waals surface area contributed by atoms with Gasteiger partial charge in [-0.1, -0.05) is 60.7 Å². The lowest BCUT2D eigenvalue weighted by Gasteiger charge is -2.13. The highest BCUT2D eigenvalue weighted by atomic mass is 16.7. The van der Waals surface area contributed by atoms with Gasteiger partial charge < -0.3 is 19.3 Å². The summed E-state index contributed by atoms with van der Waals surface area (Å²) in [6.45, 7) is -0.425. The van der Waals surface area contributed by atoms with Gasteiger partial charge >= 0.3 is 18.1 Å². The summed E-state index contributed by atoms with van der Waals surface area (Å²) in [5.74, 6) is -3.16. The molecular formula is C20H20O7. The van der Waals surface area contributed by atoms with E-state index in [2.05, 4.69) is 0 Å². The van der Waals surface area contributed by atoms with Crippen LogP contribution in [-0.4, -0.2) is 29.8 Å². The number of carbonyl (C=O) groups is 3. The minimum absolute atomic E-state index is 0.0104. The minimum atomic E-state index is -1.26. The van der Waals surface area contributed by atoms with Gasteiger partial charge in [0.25, 0.3) is 0 Å². The summed E-state index contributed by atoms with van der Waals surface area (Å²) in [7, 11) is 0. The molecule has 27 heavy (non-hydrogen) atoms. The second kappa shape index (κ2) is 10.6. The number of hydrogen-bond acceptors (Lipinski definition) is 6. The zero-order valence-corrected chi connectivity index (χ0v) is 14.6. The van der Waals surface area contributed by atoms with Crippen LogP contribution in [0.4, 0.5) is 4.79 Å². The number of esters is 1. The van der Waals surface area contributed by atoms with E-state index in [9.17, 15) is 19.5 Å². The summed E-state index contributed by atoms with van der Waals surface area (Å²) in [6.07, 6.45) is -1.41.